The van der Waals surface area contributed by atoms with Gasteiger partial charge in [0, 0.05) is 42.8 Å². The van der Waals surface area contributed by atoms with Gasteiger partial charge in [-0.05, 0) is 54.1 Å². The number of hydrogen-bond donors (Lipinski definition) is 0. The average Bonchev–Trinajstić information content (AvgIpc) is 3.21. The summed E-state index contributed by atoms with van der Waals surface area (Å²) in [7, 11) is 1.74. The number of fused-ring (bicyclic) bond motifs is 2. The van der Waals surface area contributed by atoms with Crippen LogP contribution in [0.2, 0.25) is 0 Å². The zero-order valence-electron chi connectivity index (χ0n) is 17.0. The third kappa shape index (κ3) is 3.14. The van der Waals surface area contributed by atoms with E-state index < -0.39 is 0 Å². The summed E-state index contributed by atoms with van der Waals surface area (Å²) in [5.74, 6) is 0.598. The standard InChI is InChI=1S/C24H22N4O2/c1-15-7-10-28(14-15)23(29)18-4-6-20-21(12-18)26-22(13-25-20)17-3-5-19-16(11-17)8-9-27(2)24(19)30/h3-6,8-9,11-13,15H,7,10,14H2,1-2H3. The van der Waals surface area contributed by atoms with Crippen molar-refractivity contribution in [2.24, 2.45) is 13.0 Å². The molecule has 1 fully saturated rings. The first-order valence-electron chi connectivity index (χ1n) is 10.2. The van der Waals surface area contributed by atoms with Crippen molar-refractivity contribution in [2.45, 2.75) is 13.3 Å². The number of hydrogen-bond acceptors (Lipinski definition) is 4. The first-order chi connectivity index (χ1) is 14.5. The molecular weight excluding hydrogens is 376 g/mol. The summed E-state index contributed by atoms with van der Waals surface area (Å²) in [6, 6.07) is 13.1. The van der Waals surface area contributed by atoms with Crippen molar-refractivity contribution in [2.75, 3.05) is 13.1 Å². The first-order valence-corrected chi connectivity index (χ1v) is 10.2. The van der Waals surface area contributed by atoms with Gasteiger partial charge in [-0.2, -0.15) is 0 Å². The molecule has 1 saturated heterocycles. The van der Waals surface area contributed by atoms with E-state index in [4.69, 9.17) is 4.98 Å². The topological polar surface area (TPSA) is 68.1 Å². The van der Waals surface area contributed by atoms with E-state index >= 15 is 0 Å². The number of nitrogens with zero attached hydrogens (tertiary/aromatic N) is 4. The van der Waals surface area contributed by atoms with Crippen LogP contribution in [0, 0.1) is 5.92 Å². The molecule has 2 aromatic carbocycles. The molecule has 1 aliphatic heterocycles. The fraction of sp³-hybridized carbons (Fsp3) is 0.250. The van der Waals surface area contributed by atoms with Gasteiger partial charge in [-0.3, -0.25) is 14.6 Å². The van der Waals surface area contributed by atoms with Crippen molar-refractivity contribution in [3.8, 4) is 11.3 Å². The van der Waals surface area contributed by atoms with Crippen LogP contribution in [0.5, 0.6) is 0 Å². The lowest BCUT2D eigenvalue weighted by Gasteiger charge is -2.16. The molecule has 0 spiro atoms. The molecule has 1 unspecified atom stereocenters. The highest BCUT2D eigenvalue weighted by atomic mass is 16.2. The second-order valence-corrected chi connectivity index (χ2v) is 8.14. The largest absolute Gasteiger partial charge is 0.338 e. The summed E-state index contributed by atoms with van der Waals surface area (Å²) in [6.45, 7) is 3.78. The first kappa shape index (κ1) is 18.5. The number of aromatic nitrogens is 3. The van der Waals surface area contributed by atoms with Gasteiger partial charge in [0.2, 0.25) is 0 Å². The molecule has 150 valence electrons. The van der Waals surface area contributed by atoms with Crippen molar-refractivity contribution < 1.29 is 4.79 Å². The maximum Gasteiger partial charge on any atom is 0.258 e. The lowest BCUT2D eigenvalue weighted by molar-refractivity contribution is 0.0788. The van der Waals surface area contributed by atoms with Gasteiger partial charge in [0.05, 0.1) is 22.9 Å². The Morgan fingerprint density at radius 2 is 1.97 bits per heavy atom. The molecule has 0 radical (unpaired) electrons. The number of amides is 1. The smallest absolute Gasteiger partial charge is 0.258 e. The molecule has 6 heteroatoms. The summed E-state index contributed by atoms with van der Waals surface area (Å²) >= 11 is 0. The molecule has 0 bridgehead atoms. The fourth-order valence-corrected chi connectivity index (χ4v) is 4.09. The molecule has 30 heavy (non-hydrogen) atoms. The Morgan fingerprint density at radius 3 is 2.77 bits per heavy atom. The van der Waals surface area contributed by atoms with Gasteiger partial charge in [0.15, 0.2) is 0 Å². The molecule has 4 aromatic rings. The van der Waals surface area contributed by atoms with E-state index in [0.717, 1.165) is 36.0 Å². The van der Waals surface area contributed by atoms with Crippen molar-refractivity contribution in [1.29, 1.82) is 0 Å². The second-order valence-electron chi connectivity index (χ2n) is 8.14. The predicted molar refractivity (Wildman–Crippen MR) is 117 cm³/mol. The summed E-state index contributed by atoms with van der Waals surface area (Å²) in [6.07, 6.45) is 4.54. The molecule has 0 N–H and O–H groups in total. The van der Waals surface area contributed by atoms with Gasteiger partial charge >= 0.3 is 0 Å². The summed E-state index contributed by atoms with van der Waals surface area (Å²) < 4.78 is 1.57. The van der Waals surface area contributed by atoms with Gasteiger partial charge in [-0.15, -0.1) is 0 Å². The van der Waals surface area contributed by atoms with Crippen LogP contribution in [0.3, 0.4) is 0 Å². The molecule has 2 aromatic heterocycles. The number of benzene rings is 2. The fourth-order valence-electron chi connectivity index (χ4n) is 4.09. The highest BCUT2D eigenvalue weighted by Crippen LogP contribution is 2.24. The number of aryl methyl sites for hydroxylation is 1. The van der Waals surface area contributed by atoms with Gasteiger partial charge in [-0.1, -0.05) is 13.0 Å². The Balaban J connectivity index is 1.54. The van der Waals surface area contributed by atoms with E-state index in [2.05, 4.69) is 11.9 Å². The number of likely N-dealkylation sites (tertiary alicyclic amines) is 1. The highest BCUT2D eigenvalue weighted by molar-refractivity contribution is 5.97. The van der Waals surface area contributed by atoms with Crippen LogP contribution in [0.25, 0.3) is 33.1 Å². The SMILES string of the molecule is CC1CCN(C(=O)c2ccc3ncc(-c4ccc5c(=O)n(C)ccc5c4)nc3c2)C1. The maximum atomic E-state index is 12.8. The van der Waals surface area contributed by atoms with E-state index in [1.165, 1.54) is 0 Å². The minimum Gasteiger partial charge on any atom is -0.338 e. The van der Waals surface area contributed by atoms with Gasteiger partial charge in [0.25, 0.3) is 11.5 Å². The zero-order chi connectivity index (χ0) is 20.8. The Morgan fingerprint density at radius 1 is 1.10 bits per heavy atom. The van der Waals surface area contributed by atoms with Crippen LogP contribution in [-0.4, -0.2) is 38.4 Å². The molecule has 1 aliphatic rings. The molecule has 3 heterocycles. The van der Waals surface area contributed by atoms with Crippen LogP contribution in [0.4, 0.5) is 0 Å². The third-order valence-corrected chi connectivity index (χ3v) is 5.88. The van der Waals surface area contributed by atoms with Crippen molar-refractivity contribution >= 4 is 27.7 Å². The third-order valence-electron chi connectivity index (χ3n) is 5.88. The molecule has 0 aliphatic carbocycles. The normalized spacial score (nSPS) is 16.5. The van der Waals surface area contributed by atoms with Crippen LogP contribution in [0.1, 0.15) is 23.7 Å². The predicted octanol–water partition coefficient (Wildman–Crippen LogP) is 3.63. The molecule has 0 saturated carbocycles. The Labute approximate surface area is 173 Å². The maximum absolute atomic E-state index is 12.8. The quantitative estimate of drug-likeness (QED) is 0.517. The highest BCUT2D eigenvalue weighted by Gasteiger charge is 2.24. The van der Waals surface area contributed by atoms with Crippen LogP contribution in [-0.2, 0) is 7.05 Å². The van der Waals surface area contributed by atoms with Gasteiger partial charge in [0.1, 0.15) is 0 Å². The van der Waals surface area contributed by atoms with Crippen molar-refractivity contribution in [3.05, 3.63) is 70.8 Å². The Hall–Kier alpha value is -3.54. The van der Waals surface area contributed by atoms with Crippen LogP contribution in [0.15, 0.2) is 59.7 Å². The Bertz CT molecular complexity index is 1360. The van der Waals surface area contributed by atoms with Crippen molar-refractivity contribution in [1.82, 2.24) is 19.4 Å². The number of pyridine rings is 1. The van der Waals surface area contributed by atoms with E-state index in [0.29, 0.717) is 28.1 Å². The minimum atomic E-state index is -0.0250. The summed E-state index contributed by atoms with van der Waals surface area (Å²) in [4.78, 5) is 36.3. The van der Waals surface area contributed by atoms with E-state index in [1.807, 2.05) is 47.4 Å². The second kappa shape index (κ2) is 7.06. The molecular formula is C24H22N4O2. The molecule has 1 amide bonds. The summed E-state index contributed by atoms with van der Waals surface area (Å²) in [5, 5.41) is 1.54. The molecule has 1 atom stereocenters. The van der Waals surface area contributed by atoms with E-state index in [-0.39, 0.29) is 11.5 Å². The Kier molecular flexibility index (Phi) is 4.35. The minimum absolute atomic E-state index is 0.0250. The molecule has 6 nitrogen and oxygen atoms in total. The monoisotopic (exact) mass is 398 g/mol. The van der Waals surface area contributed by atoms with Crippen LogP contribution >= 0.6 is 0 Å². The number of carbonyl (C=O) groups is 1. The van der Waals surface area contributed by atoms with Crippen LogP contribution < -0.4 is 5.56 Å². The lowest BCUT2D eigenvalue weighted by atomic mass is 10.1. The van der Waals surface area contributed by atoms with Crippen molar-refractivity contribution in [3.63, 3.8) is 0 Å². The summed E-state index contributed by atoms with van der Waals surface area (Å²) in [5.41, 5.74) is 3.65. The number of carbonyl (C=O) groups excluding carboxylic acids is 1. The van der Waals surface area contributed by atoms with Gasteiger partial charge < -0.3 is 9.47 Å². The average molecular weight is 398 g/mol. The lowest BCUT2D eigenvalue weighted by Crippen LogP contribution is -2.28. The van der Waals surface area contributed by atoms with E-state index in [1.54, 1.807) is 24.0 Å². The van der Waals surface area contributed by atoms with E-state index in [9.17, 15) is 9.59 Å². The molecule has 5 rings (SSSR count). The zero-order valence-corrected chi connectivity index (χ0v) is 17.0. The number of rotatable bonds is 2. The van der Waals surface area contributed by atoms with Gasteiger partial charge in [-0.25, -0.2) is 4.98 Å².